The summed E-state index contributed by atoms with van der Waals surface area (Å²) in [5, 5.41) is 0.578. The van der Waals surface area contributed by atoms with Gasteiger partial charge in [0.05, 0.1) is 15.7 Å². The van der Waals surface area contributed by atoms with Crippen LogP contribution in [0.25, 0.3) is 0 Å². The van der Waals surface area contributed by atoms with Crippen molar-refractivity contribution in [3.8, 4) is 0 Å². The summed E-state index contributed by atoms with van der Waals surface area (Å²) in [5.74, 6) is 0.0771. The average molecular weight is 280 g/mol. The third-order valence-corrected chi connectivity index (χ3v) is 5.35. The minimum absolute atomic E-state index is 0.0771. The molecule has 16 heavy (non-hydrogen) atoms. The molecular weight excluding hydrogens is 269 g/mol. The van der Waals surface area contributed by atoms with Crippen molar-refractivity contribution in [3.63, 3.8) is 0 Å². The molecule has 0 fully saturated rings. The lowest BCUT2D eigenvalue weighted by Gasteiger charge is -2.14. The second kappa shape index (κ2) is 4.18. The first-order valence-electron chi connectivity index (χ1n) is 4.90. The fourth-order valence-electron chi connectivity index (χ4n) is 1.95. The highest BCUT2D eigenvalue weighted by Gasteiger charge is 2.30. The van der Waals surface area contributed by atoms with Crippen LogP contribution in [0.3, 0.4) is 0 Å². The molecule has 1 heterocycles. The van der Waals surface area contributed by atoms with E-state index in [0.717, 1.165) is 0 Å². The van der Waals surface area contributed by atoms with Gasteiger partial charge in [-0.3, -0.25) is 0 Å². The summed E-state index contributed by atoms with van der Waals surface area (Å²) in [6.45, 7) is 0. The first-order valence-corrected chi connectivity index (χ1v) is 7.30. The molecule has 0 saturated heterocycles. The van der Waals surface area contributed by atoms with Crippen LogP contribution in [0.4, 0.5) is 0 Å². The highest BCUT2D eigenvalue weighted by Crippen LogP contribution is 2.38. The Morgan fingerprint density at radius 2 is 1.88 bits per heavy atom. The van der Waals surface area contributed by atoms with Gasteiger partial charge in [0.15, 0.2) is 9.84 Å². The monoisotopic (exact) mass is 279 g/mol. The minimum atomic E-state index is -3.36. The number of hydrogen-bond donors (Lipinski definition) is 1. The fourth-order valence-corrected chi connectivity index (χ4v) is 4.53. The van der Waals surface area contributed by atoms with E-state index in [9.17, 15) is 8.42 Å². The average Bonchev–Trinajstić information content (AvgIpc) is 2.30. The second-order valence-electron chi connectivity index (χ2n) is 3.84. The first-order chi connectivity index (χ1) is 7.43. The summed E-state index contributed by atoms with van der Waals surface area (Å²) in [6.07, 6.45) is 1.14. The van der Waals surface area contributed by atoms with Gasteiger partial charge in [-0.1, -0.05) is 23.2 Å². The molecule has 1 aliphatic rings. The van der Waals surface area contributed by atoms with Crippen LogP contribution in [0.2, 0.25) is 10.0 Å². The van der Waals surface area contributed by atoms with Crippen LogP contribution in [-0.2, 0) is 9.84 Å². The molecule has 0 saturated carbocycles. The number of nitrogens with two attached hydrogens (primary N) is 1. The van der Waals surface area contributed by atoms with Gasteiger partial charge in [0.25, 0.3) is 0 Å². The van der Waals surface area contributed by atoms with Gasteiger partial charge in [-0.25, -0.2) is 8.42 Å². The van der Waals surface area contributed by atoms with Gasteiger partial charge in [0.2, 0.25) is 0 Å². The Morgan fingerprint density at radius 3 is 2.56 bits per heavy atom. The zero-order chi connectivity index (χ0) is 11.9. The molecule has 1 aromatic carbocycles. The lowest BCUT2D eigenvalue weighted by Crippen LogP contribution is -2.12. The molecule has 1 unspecified atom stereocenters. The van der Waals surface area contributed by atoms with Crippen molar-refractivity contribution < 1.29 is 8.42 Å². The first kappa shape index (κ1) is 12.2. The third-order valence-electron chi connectivity index (χ3n) is 2.70. The maximum atomic E-state index is 12.0. The van der Waals surface area contributed by atoms with Gasteiger partial charge >= 0.3 is 0 Å². The van der Waals surface area contributed by atoms with Crippen molar-refractivity contribution in [1.82, 2.24) is 0 Å². The summed E-state index contributed by atoms with van der Waals surface area (Å²) in [7, 11) is -3.36. The van der Waals surface area contributed by atoms with E-state index in [2.05, 4.69) is 0 Å². The molecule has 1 aliphatic heterocycles. The summed E-state index contributed by atoms with van der Waals surface area (Å²) >= 11 is 11.9. The Morgan fingerprint density at radius 1 is 1.25 bits per heavy atom. The van der Waals surface area contributed by atoms with Crippen LogP contribution < -0.4 is 5.73 Å². The molecule has 88 valence electrons. The summed E-state index contributed by atoms with van der Waals surface area (Å²) in [6, 6.07) is 2.72. The van der Waals surface area contributed by atoms with Crippen LogP contribution in [-0.4, -0.2) is 14.2 Å². The van der Waals surface area contributed by atoms with Crippen LogP contribution >= 0.6 is 23.2 Å². The Labute approximate surface area is 104 Å². The SMILES string of the molecule is NC1CCCS(=O)(=O)c2c(Cl)ccc(Cl)c21. The third kappa shape index (κ3) is 1.95. The van der Waals surface area contributed by atoms with Gasteiger partial charge in [-0.05, 0) is 25.0 Å². The molecule has 1 atom stereocenters. The van der Waals surface area contributed by atoms with Crippen LogP contribution in [0.1, 0.15) is 24.4 Å². The zero-order valence-corrected chi connectivity index (χ0v) is 10.7. The quantitative estimate of drug-likeness (QED) is 0.794. The second-order valence-corrected chi connectivity index (χ2v) is 6.70. The molecule has 0 spiro atoms. The number of hydrogen-bond acceptors (Lipinski definition) is 3. The van der Waals surface area contributed by atoms with Gasteiger partial charge in [0.1, 0.15) is 0 Å². The molecule has 0 aliphatic carbocycles. The van der Waals surface area contributed by atoms with Gasteiger partial charge in [-0.2, -0.15) is 0 Å². The Balaban J connectivity index is 2.82. The number of benzene rings is 1. The zero-order valence-electron chi connectivity index (χ0n) is 8.41. The van der Waals surface area contributed by atoms with E-state index < -0.39 is 9.84 Å². The maximum Gasteiger partial charge on any atom is 0.180 e. The summed E-state index contributed by atoms with van der Waals surface area (Å²) in [4.78, 5) is 0.117. The normalized spacial score (nSPS) is 23.6. The molecule has 2 rings (SSSR count). The van der Waals surface area contributed by atoms with Gasteiger partial charge < -0.3 is 5.73 Å². The van der Waals surface area contributed by atoms with E-state index in [1.54, 1.807) is 6.07 Å². The van der Waals surface area contributed by atoms with Gasteiger partial charge in [-0.15, -0.1) is 0 Å². The van der Waals surface area contributed by atoms with E-state index in [1.165, 1.54) is 6.07 Å². The smallest absolute Gasteiger partial charge is 0.180 e. The lowest BCUT2D eigenvalue weighted by molar-refractivity contribution is 0.594. The maximum absolute atomic E-state index is 12.0. The van der Waals surface area contributed by atoms with Crippen molar-refractivity contribution in [2.45, 2.75) is 23.8 Å². The predicted molar refractivity (Wildman–Crippen MR) is 64.7 cm³/mol. The molecule has 1 aromatic rings. The standard InChI is InChI=1S/C10H11Cl2NO2S/c11-6-3-4-7(12)10-9(6)8(13)2-1-5-16(10,14)15/h3-4,8H,1-2,5,13H2. The van der Waals surface area contributed by atoms with Gasteiger partial charge in [0, 0.05) is 16.6 Å². The number of fused-ring (bicyclic) bond motifs is 1. The number of rotatable bonds is 0. The highest BCUT2D eigenvalue weighted by molar-refractivity contribution is 7.91. The Hall–Kier alpha value is -0.290. The van der Waals surface area contributed by atoms with Crippen LogP contribution in [0.5, 0.6) is 0 Å². The largest absolute Gasteiger partial charge is 0.324 e. The Bertz CT molecular complexity index is 528. The number of halogens is 2. The van der Waals surface area contributed by atoms with Crippen molar-refractivity contribution >= 4 is 33.0 Å². The van der Waals surface area contributed by atoms with Crippen molar-refractivity contribution in [2.24, 2.45) is 5.73 Å². The fraction of sp³-hybridized carbons (Fsp3) is 0.400. The summed E-state index contributed by atoms with van der Waals surface area (Å²) in [5.41, 5.74) is 6.39. The highest BCUT2D eigenvalue weighted by atomic mass is 35.5. The molecule has 0 bridgehead atoms. The topological polar surface area (TPSA) is 60.2 Å². The van der Waals surface area contributed by atoms with Crippen LogP contribution in [0, 0.1) is 0 Å². The summed E-state index contributed by atoms with van der Waals surface area (Å²) < 4.78 is 24.0. The van der Waals surface area contributed by atoms with E-state index in [0.29, 0.717) is 23.4 Å². The van der Waals surface area contributed by atoms with Crippen molar-refractivity contribution in [1.29, 1.82) is 0 Å². The molecule has 0 aromatic heterocycles. The molecule has 2 N–H and O–H groups in total. The molecule has 0 radical (unpaired) electrons. The molecule has 3 nitrogen and oxygen atoms in total. The van der Waals surface area contributed by atoms with E-state index in [-0.39, 0.29) is 21.7 Å². The van der Waals surface area contributed by atoms with Crippen LogP contribution in [0.15, 0.2) is 17.0 Å². The predicted octanol–water partition coefficient (Wildman–Crippen LogP) is 2.56. The molecular formula is C10H11Cl2NO2S. The van der Waals surface area contributed by atoms with E-state index in [1.807, 2.05) is 0 Å². The van der Waals surface area contributed by atoms with Crippen molar-refractivity contribution in [2.75, 3.05) is 5.75 Å². The molecule has 0 amide bonds. The van der Waals surface area contributed by atoms with E-state index in [4.69, 9.17) is 28.9 Å². The minimum Gasteiger partial charge on any atom is -0.324 e. The molecule has 6 heteroatoms. The lowest BCUT2D eigenvalue weighted by atomic mass is 10.0. The van der Waals surface area contributed by atoms with Crippen molar-refractivity contribution in [3.05, 3.63) is 27.7 Å². The Kier molecular flexibility index (Phi) is 3.18. The number of sulfone groups is 1. The van der Waals surface area contributed by atoms with E-state index >= 15 is 0 Å².